The first-order valence-corrected chi connectivity index (χ1v) is 11.4. The van der Waals surface area contributed by atoms with E-state index in [4.69, 9.17) is 9.47 Å². The van der Waals surface area contributed by atoms with Gasteiger partial charge in [0.15, 0.2) is 11.6 Å². The molecule has 0 spiro atoms. The number of ketones is 2. The second-order valence-corrected chi connectivity index (χ2v) is 9.86. The summed E-state index contributed by atoms with van der Waals surface area (Å²) in [5.41, 5.74) is 0.613. The third-order valence-corrected chi connectivity index (χ3v) is 8.30. The number of rotatable bonds is 3. The molecule has 2 fully saturated rings. The number of phenolic OH excluding ortho intramolecular Hbond substituents is 1. The molecule has 1 heterocycles. The zero-order valence-corrected chi connectivity index (χ0v) is 19.5. The first kappa shape index (κ1) is 22.4. The van der Waals surface area contributed by atoms with Crippen molar-refractivity contribution in [1.29, 1.82) is 0 Å². The fourth-order valence-electron chi connectivity index (χ4n) is 6.82. The van der Waals surface area contributed by atoms with E-state index in [2.05, 4.69) is 5.32 Å². The lowest BCUT2D eigenvalue weighted by Crippen LogP contribution is -2.54. The first-order valence-electron chi connectivity index (χ1n) is 11.4. The van der Waals surface area contributed by atoms with Crippen LogP contribution in [0.25, 0.3) is 0 Å². The summed E-state index contributed by atoms with van der Waals surface area (Å²) in [5, 5.41) is 12.7. The fraction of sp³-hybridized carbons (Fsp3) is 0.462. The average Bonchev–Trinajstić information content (AvgIpc) is 3.10. The first-order chi connectivity index (χ1) is 16.1. The zero-order valence-electron chi connectivity index (χ0n) is 19.5. The molecule has 0 unspecified atom stereocenters. The molecule has 0 aromatic heterocycles. The van der Waals surface area contributed by atoms with Crippen molar-refractivity contribution in [3.63, 3.8) is 0 Å². The minimum absolute atomic E-state index is 0.0629. The van der Waals surface area contributed by atoms with E-state index in [1.807, 2.05) is 6.08 Å². The minimum atomic E-state index is -1.15. The summed E-state index contributed by atoms with van der Waals surface area (Å²) in [6.45, 7) is 3.44. The highest BCUT2D eigenvalue weighted by atomic mass is 16.5. The second-order valence-electron chi connectivity index (χ2n) is 9.86. The van der Waals surface area contributed by atoms with Crippen molar-refractivity contribution in [2.24, 2.45) is 29.1 Å². The van der Waals surface area contributed by atoms with Gasteiger partial charge in [-0.3, -0.25) is 24.5 Å². The Hall–Kier alpha value is -3.42. The maximum Gasteiger partial charge on any atom is 0.231 e. The Kier molecular flexibility index (Phi) is 4.97. The number of methoxy groups -OCH3 is 2. The van der Waals surface area contributed by atoms with Crippen molar-refractivity contribution < 1.29 is 33.8 Å². The van der Waals surface area contributed by atoms with Gasteiger partial charge < -0.3 is 14.6 Å². The fourth-order valence-corrected chi connectivity index (χ4v) is 6.82. The number of amides is 2. The van der Waals surface area contributed by atoms with Gasteiger partial charge in [0.05, 0.1) is 31.5 Å². The zero-order chi connectivity index (χ0) is 24.5. The van der Waals surface area contributed by atoms with Crippen LogP contribution in [0.5, 0.6) is 17.2 Å². The monoisotopic (exact) mass is 465 g/mol. The number of carbonyl (C=O) groups excluding carboxylic acids is 4. The average molecular weight is 466 g/mol. The van der Waals surface area contributed by atoms with Crippen LogP contribution < -0.4 is 14.8 Å². The largest absolute Gasteiger partial charge is 0.508 e. The van der Waals surface area contributed by atoms with Crippen molar-refractivity contribution in [1.82, 2.24) is 5.32 Å². The van der Waals surface area contributed by atoms with Crippen LogP contribution in [-0.4, -0.2) is 42.7 Å². The molecule has 34 heavy (non-hydrogen) atoms. The van der Waals surface area contributed by atoms with Crippen LogP contribution in [0, 0.1) is 29.1 Å². The number of allylic oxidation sites excluding steroid dienone is 4. The molecule has 8 nitrogen and oxygen atoms in total. The van der Waals surface area contributed by atoms with Gasteiger partial charge in [-0.05, 0) is 37.3 Å². The Labute approximate surface area is 197 Å². The van der Waals surface area contributed by atoms with Crippen molar-refractivity contribution in [2.75, 3.05) is 14.2 Å². The van der Waals surface area contributed by atoms with E-state index in [1.54, 1.807) is 13.8 Å². The maximum atomic E-state index is 13.8. The number of aromatic hydroxyl groups is 1. The lowest BCUT2D eigenvalue weighted by Gasteiger charge is -2.53. The number of benzene rings is 1. The van der Waals surface area contributed by atoms with Gasteiger partial charge in [-0.2, -0.15) is 0 Å². The second kappa shape index (κ2) is 7.55. The Balaban J connectivity index is 1.81. The van der Waals surface area contributed by atoms with E-state index < -0.39 is 29.1 Å². The Morgan fingerprint density at radius 3 is 2.29 bits per heavy atom. The summed E-state index contributed by atoms with van der Waals surface area (Å²) in [4.78, 5) is 52.4. The van der Waals surface area contributed by atoms with E-state index in [1.165, 1.54) is 32.4 Å². The molecular weight excluding hydrogens is 438 g/mol. The van der Waals surface area contributed by atoms with Crippen molar-refractivity contribution in [3.8, 4) is 17.2 Å². The molecule has 3 aliphatic carbocycles. The highest BCUT2D eigenvalue weighted by Crippen LogP contribution is 2.64. The molecule has 6 atom stereocenters. The van der Waals surface area contributed by atoms with Gasteiger partial charge in [-0.1, -0.05) is 18.6 Å². The topological polar surface area (TPSA) is 119 Å². The molecule has 1 saturated heterocycles. The molecular formula is C26H27NO7. The lowest BCUT2D eigenvalue weighted by atomic mass is 9.47. The molecule has 178 valence electrons. The smallest absolute Gasteiger partial charge is 0.231 e. The minimum Gasteiger partial charge on any atom is -0.508 e. The van der Waals surface area contributed by atoms with E-state index in [0.717, 1.165) is 5.57 Å². The molecule has 1 aromatic carbocycles. The summed E-state index contributed by atoms with van der Waals surface area (Å²) in [6.07, 6.45) is 4.02. The standard InChI is InChI=1S/C26H27NO7/c1-11-7-17(29)16-10-15-13(5-6-14-20(15)25(32)27-24(14)31)22(26(16,2)23(11)30)21-18(33-3)8-12(28)9-19(21)34-4/h5,7-9,14-16,20,22,28H,6,10H2,1-4H3,(H,27,31,32)/t14-,15+,16-,20-,22+,26+/m0/s1. The van der Waals surface area contributed by atoms with Crippen LogP contribution in [0.4, 0.5) is 0 Å². The molecule has 1 saturated carbocycles. The number of ether oxygens (including phenoxy) is 2. The van der Waals surface area contributed by atoms with Crippen LogP contribution in [0.1, 0.15) is 38.2 Å². The number of phenols is 1. The normalized spacial score (nSPS) is 34.4. The number of hydrogen-bond donors (Lipinski definition) is 2. The third kappa shape index (κ3) is 2.83. The summed E-state index contributed by atoms with van der Waals surface area (Å²) in [5.74, 6) is -3.14. The van der Waals surface area contributed by atoms with Gasteiger partial charge in [-0.25, -0.2) is 0 Å². The van der Waals surface area contributed by atoms with Crippen LogP contribution >= 0.6 is 0 Å². The van der Waals surface area contributed by atoms with E-state index >= 15 is 0 Å². The number of fused-ring (bicyclic) bond motifs is 4. The molecule has 4 aliphatic rings. The SMILES string of the molecule is COc1cc(O)cc(OC)c1[C@H]1C2=CC[C@@H]3C(=O)NC(=O)[C@@H]3[C@@H]2C[C@H]2C(=O)C=C(C)C(=O)[C@@]12C. The Bertz CT molecular complexity index is 1190. The summed E-state index contributed by atoms with van der Waals surface area (Å²) < 4.78 is 11.3. The van der Waals surface area contributed by atoms with Crippen LogP contribution in [0.3, 0.4) is 0 Å². The lowest BCUT2D eigenvalue weighted by molar-refractivity contribution is -0.141. The number of carbonyl (C=O) groups is 4. The molecule has 0 radical (unpaired) electrons. The Morgan fingerprint density at radius 2 is 1.68 bits per heavy atom. The number of nitrogens with one attached hydrogen (secondary N) is 1. The van der Waals surface area contributed by atoms with Gasteiger partial charge in [0.2, 0.25) is 11.8 Å². The van der Waals surface area contributed by atoms with Gasteiger partial charge in [0.1, 0.15) is 17.2 Å². The van der Waals surface area contributed by atoms with E-state index in [9.17, 15) is 24.3 Å². The van der Waals surface area contributed by atoms with Gasteiger partial charge in [-0.15, -0.1) is 0 Å². The Morgan fingerprint density at radius 1 is 1.03 bits per heavy atom. The van der Waals surface area contributed by atoms with Gasteiger partial charge >= 0.3 is 0 Å². The quantitative estimate of drug-likeness (QED) is 0.520. The van der Waals surface area contributed by atoms with Crippen molar-refractivity contribution in [2.45, 2.75) is 32.6 Å². The predicted molar refractivity (Wildman–Crippen MR) is 120 cm³/mol. The van der Waals surface area contributed by atoms with Crippen LogP contribution in [-0.2, 0) is 19.2 Å². The van der Waals surface area contributed by atoms with Crippen molar-refractivity contribution in [3.05, 3.63) is 41.0 Å². The third-order valence-electron chi connectivity index (χ3n) is 8.30. The molecule has 5 rings (SSSR count). The van der Waals surface area contributed by atoms with Crippen LogP contribution in [0.2, 0.25) is 0 Å². The maximum absolute atomic E-state index is 13.8. The molecule has 1 aromatic rings. The summed E-state index contributed by atoms with van der Waals surface area (Å²) in [6, 6.07) is 2.91. The summed E-state index contributed by atoms with van der Waals surface area (Å²) in [7, 11) is 2.93. The highest BCUT2D eigenvalue weighted by Gasteiger charge is 2.63. The van der Waals surface area contributed by atoms with Crippen molar-refractivity contribution >= 4 is 23.4 Å². The highest BCUT2D eigenvalue weighted by molar-refractivity contribution is 6.13. The molecule has 1 aliphatic heterocycles. The van der Waals surface area contributed by atoms with E-state index in [-0.39, 0.29) is 35.0 Å². The van der Waals surface area contributed by atoms with Gasteiger partial charge in [0, 0.05) is 29.5 Å². The predicted octanol–water partition coefficient (Wildman–Crippen LogP) is 2.45. The number of imide groups is 1. The molecule has 2 N–H and O–H groups in total. The number of hydrogen-bond acceptors (Lipinski definition) is 7. The number of Topliss-reactive ketones (excluding diaryl/α,β-unsaturated/α-hetero) is 1. The van der Waals surface area contributed by atoms with E-state index in [0.29, 0.717) is 35.5 Å². The van der Waals surface area contributed by atoms with Gasteiger partial charge in [0.25, 0.3) is 0 Å². The molecule has 2 amide bonds. The van der Waals surface area contributed by atoms with Crippen LogP contribution in [0.15, 0.2) is 35.4 Å². The molecule has 0 bridgehead atoms. The summed E-state index contributed by atoms with van der Waals surface area (Å²) >= 11 is 0. The molecule has 8 heteroatoms.